The largest absolute Gasteiger partial charge is 0.508 e. The highest BCUT2D eigenvalue weighted by Gasteiger charge is 2.14. The molecule has 0 unspecified atom stereocenters. The van der Waals surface area contributed by atoms with E-state index in [0.717, 1.165) is 16.6 Å². The second kappa shape index (κ2) is 4.29. The number of benzene rings is 1. The van der Waals surface area contributed by atoms with Gasteiger partial charge in [-0.15, -0.1) is 0 Å². The SMILES string of the molecule is OB(O)c1ccc2cc(-c3ccccc3)[nH]c2n1. The van der Waals surface area contributed by atoms with E-state index in [0.29, 0.717) is 5.65 Å². The number of nitrogens with zero attached hydrogens (tertiary/aromatic N) is 1. The summed E-state index contributed by atoms with van der Waals surface area (Å²) in [5.74, 6) is 0. The average Bonchev–Trinajstić information content (AvgIpc) is 2.82. The van der Waals surface area contributed by atoms with E-state index in [1.54, 1.807) is 6.07 Å². The Morgan fingerprint density at radius 3 is 2.50 bits per heavy atom. The first kappa shape index (κ1) is 11.0. The highest BCUT2D eigenvalue weighted by molar-refractivity contribution is 6.57. The van der Waals surface area contributed by atoms with E-state index < -0.39 is 7.12 Å². The van der Waals surface area contributed by atoms with Gasteiger partial charge in [-0.25, -0.2) is 4.98 Å². The molecule has 0 radical (unpaired) electrons. The molecule has 2 aromatic heterocycles. The summed E-state index contributed by atoms with van der Waals surface area (Å²) in [7, 11) is -1.54. The maximum absolute atomic E-state index is 9.09. The van der Waals surface area contributed by atoms with Crippen LogP contribution in [0.4, 0.5) is 0 Å². The van der Waals surface area contributed by atoms with Crippen molar-refractivity contribution in [2.24, 2.45) is 0 Å². The summed E-state index contributed by atoms with van der Waals surface area (Å²) in [6.45, 7) is 0. The summed E-state index contributed by atoms with van der Waals surface area (Å²) in [6, 6.07) is 15.3. The van der Waals surface area contributed by atoms with Crippen LogP contribution >= 0.6 is 0 Å². The van der Waals surface area contributed by atoms with Crippen LogP contribution in [0, 0.1) is 0 Å². The zero-order chi connectivity index (χ0) is 12.5. The number of H-pyrrole nitrogens is 1. The van der Waals surface area contributed by atoms with Crippen molar-refractivity contribution in [1.82, 2.24) is 9.97 Å². The average molecular weight is 238 g/mol. The van der Waals surface area contributed by atoms with Gasteiger partial charge >= 0.3 is 7.12 Å². The zero-order valence-electron chi connectivity index (χ0n) is 9.54. The number of hydrogen-bond acceptors (Lipinski definition) is 3. The van der Waals surface area contributed by atoms with Crippen LogP contribution in [0.5, 0.6) is 0 Å². The molecule has 0 bridgehead atoms. The smallest absolute Gasteiger partial charge is 0.422 e. The fraction of sp³-hybridized carbons (Fsp3) is 0. The molecule has 0 amide bonds. The van der Waals surface area contributed by atoms with Gasteiger partial charge in [0, 0.05) is 11.1 Å². The number of pyridine rings is 1. The fourth-order valence-corrected chi connectivity index (χ4v) is 1.94. The van der Waals surface area contributed by atoms with E-state index in [9.17, 15) is 0 Å². The van der Waals surface area contributed by atoms with Gasteiger partial charge in [-0.3, -0.25) is 0 Å². The van der Waals surface area contributed by atoms with Crippen LogP contribution in [0.1, 0.15) is 0 Å². The molecule has 0 fully saturated rings. The van der Waals surface area contributed by atoms with Gasteiger partial charge in [0.1, 0.15) is 5.65 Å². The summed E-state index contributed by atoms with van der Waals surface area (Å²) in [6.07, 6.45) is 0. The van der Waals surface area contributed by atoms with Crippen LogP contribution in [0.25, 0.3) is 22.3 Å². The van der Waals surface area contributed by atoms with Crippen LogP contribution in [0.3, 0.4) is 0 Å². The summed E-state index contributed by atoms with van der Waals surface area (Å²) in [4.78, 5) is 7.34. The Balaban J connectivity index is 2.11. The van der Waals surface area contributed by atoms with Crippen molar-refractivity contribution in [2.45, 2.75) is 0 Å². The second-order valence-electron chi connectivity index (χ2n) is 4.10. The van der Waals surface area contributed by atoms with E-state index in [-0.39, 0.29) is 5.59 Å². The number of fused-ring (bicyclic) bond motifs is 1. The molecular formula is C13H11BN2O2. The Morgan fingerprint density at radius 1 is 1.00 bits per heavy atom. The van der Waals surface area contributed by atoms with Crippen molar-refractivity contribution in [3.63, 3.8) is 0 Å². The predicted octanol–water partition coefficient (Wildman–Crippen LogP) is 0.910. The van der Waals surface area contributed by atoms with Crippen molar-refractivity contribution in [1.29, 1.82) is 0 Å². The highest BCUT2D eigenvalue weighted by Crippen LogP contribution is 2.21. The number of hydrogen-bond donors (Lipinski definition) is 3. The summed E-state index contributed by atoms with van der Waals surface area (Å²) >= 11 is 0. The van der Waals surface area contributed by atoms with E-state index in [4.69, 9.17) is 10.0 Å². The first-order valence-corrected chi connectivity index (χ1v) is 5.65. The van der Waals surface area contributed by atoms with Gasteiger partial charge in [0.2, 0.25) is 0 Å². The van der Waals surface area contributed by atoms with Crippen molar-refractivity contribution in [3.05, 3.63) is 48.5 Å². The maximum Gasteiger partial charge on any atom is 0.508 e. The minimum Gasteiger partial charge on any atom is -0.422 e. The lowest BCUT2D eigenvalue weighted by molar-refractivity contribution is 0.424. The third-order valence-corrected chi connectivity index (χ3v) is 2.85. The summed E-state index contributed by atoms with van der Waals surface area (Å²) in [5, 5.41) is 19.1. The van der Waals surface area contributed by atoms with Gasteiger partial charge in [-0.2, -0.15) is 0 Å². The molecule has 2 heterocycles. The lowest BCUT2D eigenvalue weighted by Crippen LogP contribution is -2.32. The van der Waals surface area contributed by atoms with Crippen LogP contribution < -0.4 is 5.59 Å². The molecule has 0 spiro atoms. The number of aromatic amines is 1. The third-order valence-electron chi connectivity index (χ3n) is 2.85. The van der Waals surface area contributed by atoms with Crippen molar-refractivity contribution in [2.75, 3.05) is 0 Å². The maximum atomic E-state index is 9.09. The molecule has 5 heteroatoms. The first-order valence-electron chi connectivity index (χ1n) is 5.65. The van der Waals surface area contributed by atoms with Crippen molar-refractivity contribution in [3.8, 4) is 11.3 Å². The fourth-order valence-electron chi connectivity index (χ4n) is 1.94. The minimum absolute atomic E-state index is 0.240. The van der Waals surface area contributed by atoms with Crippen LogP contribution in [-0.4, -0.2) is 27.1 Å². The van der Waals surface area contributed by atoms with Crippen molar-refractivity contribution < 1.29 is 10.0 Å². The molecule has 0 atom stereocenters. The standard InChI is InChI=1S/C13H11BN2O2/c17-14(18)12-7-6-10-8-11(15-13(10)16-12)9-4-2-1-3-5-9/h1-8,17-18H,(H,15,16). The first-order chi connectivity index (χ1) is 8.74. The molecule has 0 aliphatic rings. The highest BCUT2D eigenvalue weighted by atomic mass is 16.4. The van der Waals surface area contributed by atoms with Crippen LogP contribution in [-0.2, 0) is 0 Å². The summed E-state index contributed by atoms with van der Waals surface area (Å²) in [5.41, 5.74) is 2.92. The molecule has 0 saturated heterocycles. The molecule has 18 heavy (non-hydrogen) atoms. The molecule has 3 aromatic rings. The Bertz CT molecular complexity index is 680. The van der Waals surface area contributed by atoms with Crippen molar-refractivity contribution >= 4 is 23.7 Å². The Labute approximate surface area is 104 Å². The van der Waals surface area contributed by atoms with Crippen LogP contribution in [0.15, 0.2) is 48.5 Å². The molecule has 88 valence electrons. The van der Waals surface area contributed by atoms with Crippen LogP contribution in [0.2, 0.25) is 0 Å². The van der Waals surface area contributed by atoms with Gasteiger partial charge in [0.05, 0.1) is 5.59 Å². The predicted molar refractivity (Wildman–Crippen MR) is 71.4 cm³/mol. The van der Waals surface area contributed by atoms with Gasteiger partial charge in [0.15, 0.2) is 0 Å². The molecule has 3 N–H and O–H groups in total. The van der Waals surface area contributed by atoms with E-state index in [2.05, 4.69) is 9.97 Å². The number of rotatable bonds is 2. The van der Waals surface area contributed by atoms with Gasteiger partial charge in [0.25, 0.3) is 0 Å². The molecule has 3 rings (SSSR count). The van der Waals surface area contributed by atoms with E-state index >= 15 is 0 Å². The lowest BCUT2D eigenvalue weighted by Gasteiger charge is -1.97. The van der Waals surface area contributed by atoms with E-state index in [1.807, 2.05) is 42.5 Å². The normalized spacial score (nSPS) is 10.8. The Kier molecular flexibility index (Phi) is 2.62. The molecule has 0 aliphatic heterocycles. The zero-order valence-corrected chi connectivity index (χ0v) is 9.54. The van der Waals surface area contributed by atoms with Gasteiger partial charge in [-0.1, -0.05) is 36.4 Å². The monoisotopic (exact) mass is 238 g/mol. The molecule has 0 aliphatic carbocycles. The molecule has 0 saturated carbocycles. The lowest BCUT2D eigenvalue weighted by atomic mass is 9.86. The molecule has 1 aromatic carbocycles. The minimum atomic E-state index is -1.54. The Morgan fingerprint density at radius 2 is 1.78 bits per heavy atom. The quantitative estimate of drug-likeness (QED) is 0.581. The second-order valence-corrected chi connectivity index (χ2v) is 4.10. The Hall–Kier alpha value is -2.11. The molecular weight excluding hydrogens is 227 g/mol. The van der Waals surface area contributed by atoms with E-state index in [1.165, 1.54) is 0 Å². The number of nitrogens with one attached hydrogen (secondary N) is 1. The number of aromatic nitrogens is 2. The molecule has 4 nitrogen and oxygen atoms in total. The van der Waals surface area contributed by atoms with Gasteiger partial charge < -0.3 is 15.0 Å². The third kappa shape index (κ3) is 1.90. The topological polar surface area (TPSA) is 69.1 Å². The summed E-state index contributed by atoms with van der Waals surface area (Å²) < 4.78 is 0. The van der Waals surface area contributed by atoms with Gasteiger partial charge in [-0.05, 0) is 17.7 Å².